The van der Waals surface area contributed by atoms with Crippen LogP contribution < -0.4 is 14.8 Å². The highest BCUT2D eigenvalue weighted by molar-refractivity contribution is 5.92. The molecule has 0 fully saturated rings. The van der Waals surface area contributed by atoms with Crippen LogP contribution in [-0.4, -0.2) is 19.1 Å². The highest BCUT2D eigenvalue weighted by Crippen LogP contribution is 2.33. The maximum Gasteiger partial charge on any atom is 0.244 e. The fourth-order valence-electron chi connectivity index (χ4n) is 2.70. The fraction of sp³-hybridized carbons (Fsp3) is 0.250. The normalized spacial score (nSPS) is 14.3. The molecule has 1 aliphatic rings. The largest absolute Gasteiger partial charge is 0.486 e. The van der Waals surface area contributed by atoms with E-state index in [1.54, 1.807) is 18.2 Å². The van der Waals surface area contributed by atoms with Gasteiger partial charge in [0.15, 0.2) is 11.5 Å². The zero-order chi connectivity index (χ0) is 17.6. The summed E-state index contributed by atoms with van der Waals surface area (Å²) in [4.78, 5) is 12.2. The summed E-state index contributed by atoms with van der Waals surface area (Å²) in [7, 11) is 0. The Morgan fingerprint density at radius 1 is 1.20 bits per heavy atom. The van der Waals surface area contributed by atoms with Crippen molar-refractivity contribution in [3.8, 4) is 11.5 Å². The molecule has 0 radical (unpaired) electrons. The molecule has 1 unspecified atom stereocenters. The first-order valence-electron chi connectivity index (χ1n) is 8.29. The highest BCUT2D eigenvalue weighted by atomic mass is 19.1. The molecular weight excluding hydrogens is 321 g/mol. The molecule has 0 saturated carbocycles. The lowest BCUT2D eigenvalue weighted by Gasteiger charge is -2.22. The molecule has 1 amide bonds. The number of carbonyl (C=O) groups is 1. The molecule has 0 spiro atoms. The van der Waals surface area contributed by atoms with Crippen LogP contribution in [-0.2, 0) is 4.79 Å². The van der Waals surface area contributed by atoms with E-state index in [4.69, 9.17) is 9.47 Å². The van der Waals surface area contributed by atoms with Crippen LogP contribution in [0.2, 0.25) is 0 Å². The Morgan fingerprint density at radius 2 is 2.00 bits per heavy atom. The van der Waals surface area contributed by atoms with Gasteiger partial charge >= 0.3 is 0 Å². The summed E-state index contributed by atoms with van der Waals surface area (Å²) < 4.78 is 24.3. The van der Waals surface area contributed by atoms with Crippen LogP contribution >= 0.6 is 0 Å². The summed E-state index contributed by atoms with van der Waals surface area (Å²) in [5.41, 5.74) is 1.60. The molecule has 0 saturated heterocycles. The minimum Gasteiger partial charge on any atom is -0.486 e. The second-order valence-electron chi connectivity index (χ2n) is 5.76. The number of benzene rings is 2. The molecule has 0 aliphatic carbocycles. The number of fused-ring (bicyclic) bond motifs is 1. The molecule has 25 heavy (non-hydrogen) atoms. The molecule has 1 heterocycles. The van der Waals surface area contributed by atoms with Gasteiger partial charge in [-0.15, -0.1) is 0 Å². The van der Waals surface area contributed by atoms with Gasteiger partial charge in [-0.25, -0.2) is 4.39 Å². The van der Waals surface area contributed by atoms with Crippen molar-refractivity contribution in [1.29, 1.82) is 0 Å². The van der Waals surface area contributed by atoms with Crippen molar-refractivity contribution in [2.24, 2.45) is 0 Å². The third kappa shape index (κ3) is 4.38. The minimum absolute atomic E-state index is 0.138. The van der Waals surface area contributed by atoms with Crippen LogP contribution in [0.5, 0.6) is 11.5 Å². The van der Waals surface area contributed by atoms with Crippen LogP contribution in [0.15, 0.2) is 48.5 Å². The Balaban J connectivity index is 1.68. The quantitative estimate of drug-likeness (QED) is 0.840. The molecule has 1 N–H and O–H groups in total. The third-order valence-electron chi connectivity index (χ3n) is 3.97. The Hall–Kier alpha value is -2.82. The van der Waals surface area contributed by atoms with E-state index in [-0.39, 0.29) is 17.8 Å². The van der Waals surface area contributed by atoms with Crippen molar-refractivity contribution in [2.75, 3.05) is 13.2 Å². The zero-order valence-corrected chi connectivity index (χ0v) is 14.0. The van der Waals surface area contributed by atoms with E-state index in [1.165, 1.54) is 18.2 Å². The van der Waals surface area contributed by atoms with Crippen LogP contribution in [0.4, 0.5) is 4.39 Å². The Morgan fingerprint density at radius 3 is 2.76 bits per heavy atom. The summed E-state index contributed by atoms with van der Waals surface area (Å²) >= 11 is 0. The number of ether oxygens (including phenoxy) is 2. The Bertz CT molecular complexity index is 788. The molecular formula is C20H20FNO3. The summed E-state index contributed by atoms with van der Waals surface area (Å²) in [6.07, 6.45) is 3.74. The monoisotopic (exact) mass is 341 g/mol. The molecule has 2 aromatic rings. The summed E-state index contributed by atoms with van der Waals surface area (Å²) in [6, 6.07) is 11.6. The van der Waals surface area contributed by atoms with Crippen LogP contribution in [0.1, 0.15) is 30.5 Å². The van der Waals surface area contributed by atoms with E-state index < -0.39 is 0 Å². The molecule has 5 heteroatoms. The van der Waals surface area contributed by atoms with Crippen molar-refractivity contribution in [2.45, 2.75) is 19.4 Å². The smallest absolute Gasteiger partial charge is 0.244 e. The number of rotatable bonds is 5. The van der Waals surface area contributed by atoms with E-state index in [9.17, 15) is 9.18 Å². The van der Waals surface area contributed by atoms with Gasteiger partial charge in [-0.2, -0.15) is 0 Å². The molecule has 0 aromatic heterocycles. The molecule has 0 bridgehead atoms. The summed E-state index contributed by atoms with van der Waals surface area (Å²) in [6.45, 7) is 3.07. The van der Waals surface area contributed by atoms with Crippen LogP contribution in [0.3, 0.4) is 0 Å². The molecule has 4 nitrogen and oxygen atoms in total. The van der Waals surface area contributed by atoms with Crippen molar-refractivity contribution in [1.82, 2.24) is 5.32 Å². The Kier molecular flexibility index (Phi) is 5.33. The first-order chi connectivity index (χ1) is 12.2. The van der Waals surface area contributed by atoms with E-state index in [0.717, 1.165) is 17.7 Å². The number of nitrogens with one attached hydrogen (secondary N) is 1. The highest BCUT2D eigenvalue weighted by Gasteiger charge is 2.16. The maximum atomic E-state index is 13.2. The van der Waals surface area contributed by atoms with Crippen molar-refractivity contribution >= 4 is 12.0 Å². The van der Waals surface area contributed by atoms with Crippen molar-refractivity contribution in [3.63, 3.8) is 0 Å². The van der Waals surface area contributed by atoms with Gasteiger partial charge < -0.3 is 14.8 Å². The average Bonchev–Trinajstić information content (AvgIpc) is 2.64. The molecule has 1 atom stereocenters. The fourth-order valence-corrected chi connectivity index (χ4v) is 2.70. The third-order valence-corrected chi connectivity index (χ3v) is 3.97. The van der Waals surface area contributed by atoms with Crippen LogP contribution in [0, 0.1) is 5.82 Å². The zero-order valence-electron chi connectivity index (χ0n) is 14.0. The Labute approximate surface area is 146 Å². The van der Waals surface area contributed by atoms with Gasteiger partial charge in [-0.1, -0.05) is 25.1 Å². The van der Waals surface area contributed by atoms with Crippen molar-refractivity contribution in [3.05, 3.63) is 65.5 Å². The van der Waals surface area contributed by atoms with Gasteiger partial charge in [0, 0.05) is 6.08 Å². The first-order valence-corrected chi connectivity index (χ1v) is 8.29. The van der Waals surface area contributed by atoms with Gasteiger partial charge in [0.1, 0.15) is 19.0 Å². The molecule has 3 rings (SSSR count). The predicted octanol–water partition coefficient (Wildman–Crippen LogP) is 3.88. The molecule has 130 valence electrons. The maximum absolute atomic E-state index is 13.2. The standard InChI is InChI=1S/C20H20FNO3/c1-2-17(15-7-8-18-19(13-15)25-11-10-24-18)22-20(23)9-6-14-4-3-5-16(21)12-14/h3-9,12-13,17H,2,10-11H2,1H3,(H,22,23)/b9-6+. The second-order valence-corrected chi connectivity index (χ2v) is 5.76. The molecule has 1 aliphatic heterocycles. The minimum atomic E-state index is -0.328. The van der Waals surface area contributed by atoms with Crippen molar-refractivity contribution < 1.29 is 18.7 Å². The first kappa shape index (κ1) is 17.0. The lowest BCUT2D eigenvalue weighted by molar-refractivity contribution is -0.117. The SMILES string of the molecule is CCC(NC(=O)/C=C/c1cccc(F)c1)c1ccc2c(c1)OCCO2. The summed E-state index contributed by atoms with van der Waals surface area (Å²) in [5.74, 6) is 0.866. The number of halogens is 1. The van der Waals surface area contributed by atoms with Crippen LogP contribution in [0.25, 0.3) is 6.08 Å². The molecule has 2 aromatic carbocycles. The van der Waals surface area contributed by atoms with E-state index in [1.807, 2.05) is 25.1 Å². The summed E-state index contributed by atoms with van der Waals surface area (Å²) in [5, 5.41) is 2.96. The van der Waals surface area contributed by atoms with E-state index in [0.29, 0.717) is 24.5 Å². The number of hydrogen-bond acceptors (Lipinski definition) is 3. The van der Waals surface area contributed by atoms with Gasteiger partial charge in [-0.3, -0.25) is 4.79 Å². The van der Waals surface area contributed by atoms with Gasteiger partial charge in [0.25, 0.3) is 0 Å². The average molecular weight is 341 g/mol. The lowest BCUT2D eigenvalue weighted by atomic mass is 10.0. The lowest BCUT2D eigenvalue weighted by Crippen LogP contribution is -2.26. The second kappa shape index (κ2) is 7.83. The number of hydrogen-bond donors (Lipinski definition) is 1. The van der Waals surface area contributed by atoms with E-state index in [2.05, 4.69) is 5.32 Å². The van der Waals surface area contributed by atoms with Gasteiger partial charge in [0.2, 0.25) is 5.91 Å². The number of carbonyl (C=O) groups excluding carboxylic acids is 1. The van der Waals surface area contributed by atoms with Gasteiger partial charge in [0.05, 0.1) is 6.04 Å². The van der Waals surface area contributed by atoms with Gasteiger partial charge in [-0.05, 0) is 47.9 Å². The predicted molar refractivity (Wildman–Crippen MR) is 94.0 cm³/mol. The topological polar surface area (TPSA) is 47.6 Å². The number of amides is 1. The van der Waals surface area contributed by atoms with E-state index >= 15 is 0 Å².